The highest BCUT2D eigenvalue weighted by Gasteiger charge is 2.09. The predicted molar refractivity (Wildman–Crippen MR) is 108 cm³/mol. The Morgan fingerprint density at radius 3 is 2.63 bits per heavy atom. The van der Waals surface area contributed by atoms with Crippen molar-refractivity contribution in [1.29, 1.82) is 0 Å². The number of H-pyrrole nitrogens is 1. The number of nitrogens with one attached hydrogen (secondary N) is 2. The van der Waals surface area contributed by atoms with Gasteiger partial charge < -0.3 is 10.3 Å². The predicted octanol–water partition coefficient (Wildman–Crippen LogP) is 3.57. The van der Waals surface area contributed by atoms with Crippen molar-refractivity contribution in [3.8, 4) is 0 Å². The van der Waals surface area contributed by atoms with Crippen molar-refractivity contribution in [1.82, 2.24) is 15.3 Å². The molecule has 3 rings (SSSR count). The SMILES string of the molecule is O=C(Cc1cc(=O)[nH]c(SCc2ccccc2)n1)NCc1ccccc1Cl. The van der Waals surface area contributed by atoms with Crippen LogP contribution in [0.1, 0.15) is 16.8 Å². The molecule has 1 amide bonds. The van der Waals surface area contributed by atoms with Crippen molar-refractivity contribution >= 4 is 29.3 Å². The molecule has 0 atom stereocenters. The van der Waals surface area contributed by atoms with Crippen molar-refractivity contribution in [3.63, 3.8) is 0 Å². The molecule has 0 saturated heterocycles. The standard InChI is InChI=1S/C20H18ClN3O2S/c21-17-9-5-4-8-15(17)12-22-18(25)10-16-11-19(26)24-20(23-16)27-13-14-6-2-1-3-7-14/h1-9,11H,10,12-13H2,(H,22,25)(H,23,24,26). The second-order valence-electron chi connectivity index (χ2n) is 5.86. The summed E-state index contributed by atoms with van der Waals surface area (Å²) in [6.07, 6.45) is 0.0350. The third kappa shape index (κ3) is 5.98. The van der Waals surface area contributed by atoms with Gasteiger partial charge in [0.05, 0.1) is 12.1 Å². The molecule has 0 bridgehead atoms. The van der Waals surface area contributed by atoms with Gasteiger partial charge in [0.25, 0.3) is 5.56 Å². The van der Waals surface area contributed by atoms with E-state index in [1.165, 1.54) is 17.8 Å². The lowest BCUT2D eigenvalue weighted by molar-refractivity contribution is -0.120. The smallest absolute Gasteiger partial charge is 0.251 e. The summed E-state index contributed by atoms with van der Waals surface area (Å²) >= 11 is 7.51. The second kappa shape index (κ2) is 9.39. The molecule has 0 spiro atoms. The van der Waals surface area contributed by atoms with E-state index < -0.39 is 0 Å². The van der Waals surface area contributed by atoms with Gasteiger partial charge in [0.15, 0.2) is 5.16 Å². The first-order valence-corrected chi connectivity index (χ1v) is 9.73. The van der Waals surface area contributed by atoms with E-state index in [-0.39, 0.29) is 17.9 Å². The normalized spacial score (nSPS) is 10.6. The number of carbonyl (C=O) groups excluding carboxylic acids is 1. The number of aromatic amines is 1. The maximum atomic E-state index is 12.2. The number of amides is 1. The summed E-state index contributed by atoms with van der Waals surface area (Å²) < 4.78 is 0. The molecule has 1 aromatic heterocycles. The maximum absolute atomic E-state index is 12.2. The highest BCUT2D eigenvalue weighted by atomic mass is 35.5. The van der Waals surface area contributed by atoms with E-state index in [4.69, 9.17) is 11.6 Å². The Bertz CT molecular complexity index is 976. The van der Waals surface area contributed by atoms with Gasteiger partial charge in [-0.3, -0.25) is 9.59 Å². The van der Waals surface area contributed by atoms with Gasteiger partial charge in [0.1, 0.15) is 0 Å². The van der Waals surface area contributed by atoms with Crippen LogP contribution in [-0.2, 0) is 23.5 Å². The Morgan fingerprint density at radius 1 is 1.11 bits per heavy atom. The Balaban J connectivity index is 1.59. The average Bonchev–Trinajstić information content (AvgIpc) is 2.66. The molecule has 0 saturated carbocycles. The molecule has 138 valence electrons. The molecule has 0 aliphatic rings. The quantitative estimate of drug-likeness (QED) is 0.470. The van der Waals surface area contributed by atoms with E-state index >= 15 is 0 Å². The lowest BCUT2D eigenvalue weighted by Crippen LogP contribution is -2.26. The Kier molecular flexibility index (Phi) is 6.68. The number of aromatic nitrogens is 2. The fourth-order valence-electron chi connectivity index (χ4n) is 2.43. The Labute approximate surface area is 166 Å². The minimum atomic E-state index is -0.269. The topological polar surface area (TPSA) is 74.8 Å². The largest absolute Gasteiger partial charge is 0.352 e. The minimum Gasteiger partial charge on any atom is -0.352 e. The van der Waals surface area contributed by atoms with Crippen LogP contribution in [0.2, 0.25) is 5.02 Å². The van der Waals surface area contributed by atoms with Crippen LogP contribution in [0.15, 0.2) is 70.6 Å². The van der Waals surface area contributed by atoms with Crippen LogP contribution in [0.5, 0.6) is 0 Å². The van der Waals surface area contributed by atoms with Crippen LogP contribution in [0.3, 0.4) is 0 Å². The van der Waals surface area contributed by atoms with E-state index in [0.717, 1.165) is 11.1 Å². The molecule has 5 nitrogen and oxygen atoms in total. The van der Waals surface area contributed by atoms with E-state index in [2.05, 4.69) is 15.3 Å². The average molecular weight is 400 g/mol. The highest BCUT2D eigenvalue weighted by molar-refractivity contribution is 7.98. The Morgan fingerprint density at radius 2 is 1.85 bits per heavy atom. The lowest BCUT2D eigenvalue weighted by Gasteiger charge is -2.07. The van der Waals surface area contributed by atoms with Crippen LogP contribution in [0.4, 0.5) is 0 Å². The minimum absolute atomic E-state index is 0.0350. The van der Waals surface area contributed by atoms with Gasteiger partial charge in [0, 0.05) is 23.4 Å². The lowest BCUT2D eigenvalue weighted by atomic mass is 10.2. The molecule has 1 heterocycles. The molecule has 3 aromatic rings. The van der Waals surface area contributed by atoms with Crippen LogP contribution < -0.4 is 10.9 Å². The van der Waals surface area contributed by atoms with Gasteiger partial charge in [0.2, 0.25) is 5.91 Å². The number of halogens is 1. The van der Waals surface area contributed by atoms with Crippen molar-refractivity contribution in [2.24, 2.45) is 0 Å². The number of carbonyl (C=O) groups is 1. The summed E-state index contributed by atoms with van der Waals surface area (Å²) in [5.74, 6) is 0.471. The number of hydrogen-bond donors (Lipinski definition) is 2. The van der Waals surface area contributed by atoms with Gasteiger partial charge in [-0.25, -0.2) is 4.98 Å². The molecule has 0 aliphatic heterocycles. The molecular formula is C20H18ClN3O2S. The second-order valence-corrected chi connectivity index (χ2v) is 7.23. The van der Waals surface area contributed by atoms with E-state index in [1.807, 2.05) is 48.5 Å². The van der Waals surface area contributed by atoms with E-state index in [0.29, 0.717) is 28.2 Å². The molecule has 0 radical (unpaired) electrons. The Hall–Kier alpha value is -2.57. The number of rotatable bonds is 7. The molecule has 0 fully saturated rings. The molecular weight excluding hydrogens is 382 g/mol. The summed E-state index contributed by atoms with van der Waals surface area (Å²) in [5.41, 5.74) is 2.14. The monoisotopic (exact) mass is 399 g/mol. The van der Waals surface area contributed by atoms with E-state index in [1.54, 1.807) is 6.07 Å². The summed E-state index contributed by atoms with van der Waals surface area (Å²) in [5, 5.41) is 3.91. The fourth-order valence-corrected chi connectivity index (χ4v) is 3.48. The number of thioether (sulfide) groups is 1. The molecule has 0 aliphatic carbocycles. The molecule has 2 aromatic carbocycles. The first-order chi connectivity index (χ1) is 13.1. The maximum Gasteiger partial charge on any atom is 0.251 e. The third-order valence-corrected chi connectivity index (χ3v) is 5.08. The fraction of sp³-hybridized carbons (Fsp3) is 0.150. The summed E-state index contributed by atoms with van der Waals surface area (Å²) in [6.45, 7) is 0.331. The molecule has 7 heteroatoms. The first kappa shape index (κ1) is 19.2. The number of nitrogens with zero attached hydrogens (tertiary/aromatic N) is 1. The van der Waals surface area contributed by atoms with Crippen LogP contribution in [0, 0.1) is 0 Å². The summed E-state index contributed by atoms with van der Waals surface area (Å²) in [4.78, 5) is 31.1. The highest BCUT2D eigenvalue weighted by Crippen LogP contribution is 2.18. The summed E-state index contributed by atoms with van der Waals surface area (Å²) in [6, 6.07) is 18.6. The van der Waals surface area contributed by atoms with Gasteiger partial charge in [-0.15, -0.1) is 0 Å². The van der Waals surface area contributed by atoms with Crippen LogP contribution in [0.25, 0.3) is 0 Å². The van der Waals surface area contributed by atoms with Crippen LogP contribution in [-0.4, -0.2) is 15.9 Å². The molecule has 2 N–H and O–H groups in total. The third-order valence-electron chi connectivity index (χ3n) is 3.77. The first-order valence-electron chi connectivity index (χ1n) is 8.37. The van der Waals surface area contributed by atoms with Crippen molar-refractivity contribution in [2.75, 3.05) is 0 Å². The molecule has 0 unspecified atom stereocenters. The van der Waals surface area contributed by atoms with Gasteiger partial charge in [-0.1, -0.05) is 71.9 Å². The van der Waals surface area contributed by atoms with Crippen molar-refractivity contribution in [3.05, 3.63) is 92.9 Å². The van der Waals surface area contributed by atoms with Crippen LogP contribution >= 0.6 is 23.4 Å². The number of benzene rings is 2. The van der Waals surface area contributed by atoms with Gasteiger partial charge in [-0.05, 0) is 17.2 Å². The number of hydrogen-bond acceptors (Lipinski definition) is 4. The van der Waals surface area contributed by atoms with Crippen molar-refractivity contribution < 1.29 is 4.79 Å². The van der Waals surface area contributed by atoms with Gasteiger partial charge >= 0.3 is 0 Å². The zero-order valence-corrected chi connectivity index (χ0v) is 16.0. The van der Waals surface area contributed by atoms with E-state index in [9.17, 15) is 9.59 Å². The molecule has 27 heavy (non-hydrogen) atoms. The van der Waals surface area contributed by atoms with Gasteiger partial charge in [-0.2, -0.15) is 0 Å². The summed E-state index contributed by atoms with van der Waals surface area (Å²) in [7, 11) is 0. The zero-order valence-electron chi connectivity index (χ0n) is 14.4. The zero-order chi connectivity index (χ0) is 19.1. The van der Waals surface area contributed by atoms with Crippen molar-refractivity contribution in [2.45, 2.75) is 23.9 Å².